The summed E-state index contributed by atoms with van der Waals surface area (Å²) in [5.41, 5.74) is 1.97. The Morgan fingerprint density at radius 3 is 2.32 bits per heavy atom. The van der Waals surface area contributed by atoms with Crippen LogP contribution in [0, 0.1) is 27.6 Å². The number of nitro groups is 1. The second-order valence-electron chi connectivity index (χ2n) is 10.2. The van der Waals surface area contributed by atoms with E-state index in [2.05, 4.69) is 0 Å². The molecule has 1 fully saturated rings. The monoisotopic (exact) mass is 560 g/mol. The highest BCUT2D eigenvalue weighted by atomic mass is 19.1. The molecule has 1 saturated heterocycles. The predicted molar refractivity (Wildman–Crippen MR) is 148 cm³/mol. The molecular weight excluding hydrogens is 533 g/mol. The molecule has 0 aromatic heterocycles. The highest BCUT2D eigenvalue weighted by Crippen LogP contribution is 2.41. The number of halogens is 3. The molecule has 41 heavy (non-hydrogen) atoms. The molecular formula is C32H27F3N2O4. The third-order valence-electron chi connectivity index (χ3n) is 7.69. The van der Waals surface area contributed by atoms with Crippen LogP contribution in [0.5, 0.6) is 0 Å². The maximum atomic E-state index is 14.2. The van der Waals surface area contributed by atoms with Gasteiger partial charge in [0, 0.05) is 36.7 Å². The summed E-state index contributed by atoms with van der Waals surface area (Å²) in [6, 6.07) is 22.2. The van der Waals surface area contributed by atoms with Gasteiger partial charge in [-0.25, -0.2) is 18.0 Å². The van der Waals surface area contributed by atoms with Crippen LogP contribution >= 0.6 is 0 Å². The van der Waals surface area contributed by atoms with Crippen molar-refractivity contribution in [3.63, 3.8) is 0 Å². The Morgan fingerprint density at radius 1 is 0.951 bits per heavy atom. The molecule has 1 heterocycles. The van der Waals surface area contributed by atoms with Crippen molar-refractivity contribution in [1.29, 1.82) is 0 Å². The van der Waals surface area contributed by atoms with E-state index >= 15 is 0 Å². The van der Waals surface area contributed by atoms with Gasteiger partial charge in [0.25, 0.3) is 5.69 Å². The number of hydrogen-bond acceptors (Lipinski definition) is 4. The molecule has 0 spiro atoms. The molecule has 6 nitrogen and oxygen atoms in total. The molecule has 2 atom stereocenters. The van der Waals surface area contributed by atoms with Crippen LogP contribution < -0.4 is 0 Å². The molecule has 0 saturated carbocycles. The summed E-state index contributed by atoms with van der Waals surface area (Å²) in [7, 11) is 0. The molecule has 1 aliphatic heterocycles. The molecule has 4 aromatic carbocycles. The Bertz CT molecular complexity index is 1580. The summed E-state index contributed by atoms with van der Waals surface area (Å²) in [6.07, 6.45) is 0.637. The maximum absolute atomic E-state index is 14.2. The Labute approximate surface area is 235 Å². The van der Waals surface area contributed by atoms with Crippen LogP contribution in [-0.4, -0.2) is 22.5 Å². The van der Waals surface area contributed by atoms with E-state index < -0.39 is 34.1 Å². The van der Waals surface area contributed by atoms with Crippen LogP contribution in [0.2, 0.25) is 0 Å². The number of carbonyl (C=O) groups is 1. The number of aryl methyl sites for hydroxylation is 1. The van der Waals surface area contributed by atoms with E-state index in [1.54, 1.807) is 53.4 Å². The van der Waals surface area contributed by atoms with Crippen molar-refractivity contribution >= 4 is 11.8 Å². The lowest BCUT2D eigenvalue weighted by molar-refractivity contribution is -0.384. The Kier molecular flexibility index (Phi) is 7.79. The third kappa shape index (κ3) is 5.94. The summed E-state index contributed by atoms with van der Waals surface area (Å²) in [5, 5.41) is 11.2. The summed E-state index contributed by atoms with van der Waals surface area (Å²) >= 11 is 0. The standard InChI is InChI=1S/C32H27F3N2O4/c1-21(23-5-7-24(8-6-23)29-14-13-27(34)20-30(29)35)36-18-17-32(41-31(36)38,25-9-11-26(33)12-10-25)16-15-22-3-2-4-28(19-22)37(39)40/h2-14,19-21H,15-18H2,1H3/t21-,32-/m0/s1. The van der Waals surface area contributed by atoms with Gasteiger partial charge in [-0.1, -0.05) is 48.5 Å². The first kappa shape index (κ1) is 27.9. The minimum Gasteiger partial charge on any atom is -0.438 e. The fourth-order valence-corrected chi connectivity index (χ4v) is 5.31. The largest absolute Gasteiger partial charge is 0.438 e. The number of rotatable bonds is 8. The number of ether oxygens (including phenoxy) is 1. The summed E-state index contributed by atoms with van der Waals surface area (Å²) in [6.45, 7) is 2.21. The van der Waals surface area contributed by atoms with Crippen LogP contribution in [0.4, 0.5) is 23.7 Å². The quantitative estimate of drug-likeness (QED) is 0.161. The lowest BCUT2D eigenvalue weighted by atomic mass is 9.83. The first-order chi connectivity index (χ1) is 19.6. The topological polar surface area (TPSA) is 72.7 Å². The summed E-state index contributed by atoms with van der Waals surface area (Å²) in [4.78, 5) is 25.8. The second kappa shape index (κ2) is 11.4. The SMILES string of the molecule is C[C@@H](c1ccc(-c2ccc(F)cc2F)cc1)N1CC[C@@](CCc2cccc([N+](=O)[O-])c2)(c2ccc(F)cc2)OC1=O. The van der Waals surface area contributed by atoms with E-state index in [4.69, 9.17) is 4.74 Å². The molecule has 1 amide bonds. The molecule has 210 valence electrons. The maximum Gasteiger partial charge on any atom is 0.411 e. The van der Waals surface area contributed by atoms with E-state index in [1.165, 1.54) is 36.4 Å². The van der Waals surface area contributed by atoms with Crippen LogP contribution in [-0.2, 0) is 16.8 Å². The zero-order valence-corrected chi connectivity index (χ0v) is 22.2. The smallest absolute Gasteiger partial charge is 0.411 e. The van der Waals surface area contributed by atoms with E-state index in [0.717, 1.165) is 17.2 Å². The van der Waals surface area contributed by atoms with Crippen molar-refractivity contribution in [3.05, 3.63) is 135 Å². The van der Waals surface area contributed by atoms with Gasteiger partial charge in [-0.2, -0.15) is 0 Å². The predicted octanol–water partition coefficient (Wildman–Crippen LogP) is 8.11. The average molecular weight is 561 g/mol. The van der Waals surface area contributed by atoms with E-state index in [9.17, 15) is 28.1 Å². The molecule has 4 aromatic rings. The van der Waals surface area contributed by atoms with Gasteiger partial charge in [0.1, 0.15) is 23.1 Å². The van der Waals surface area contributed by atoms with Gasteiger partial charge >= 0.3 is 6.09 Å². The molecule has 0 bridgehead atoms. The van der Waals surface area contributed by atoms with Gasteiger partial charge in [-0.15, -0.1) is 0 Å². The number of amides is 1. The Morgan fingerprint density at radius 2 is 1.66 bits per heavy atom. The van der Waals surface area contributed by atoms with Gasteiger partial charge in [0.2, 0.25) is 0 Å². The van der Waals surface area contributed by atoms with E-state index in [1.807, 2.05) is 6.92 Å². The molecule has 0 aliphatic carbocycles. The molecule has 0 N–H and O–H groups in total. The van der Waals surface area contributed by atoms with Crippen molar-refractivity contribution in [1.82, 2.24) is 4.90 Å². The zero-order valence-electron chi connectivity index (χ0n) is 22.2. The van der Waals surface area contributed by atoms with Gasteiger partial charge in [-0.3, -0.25) is 10.1 Å². The molecule has 0 radical (unpaired) electrons. The lowest BCUT2D eigenvalue weighted by Gasteiger charge is -2.43. The number of nitrogens with zero attached hydrogens (tertiary/aromatic N) is 2. The van der Waals surface area contributed by atoms with E-state index in [0.29, 0.717) is 36.9 Å². The highest BCUT2D eigenvalue weighted by molar-refractivity contribution is 5.70. The Balaban J connectivity index is 1.35. The number of hydrogen-bond donors (Lipinski definition) is 0. The average Bonchev–Trinajstić information content (AvgIpc) is 2.96. The van der Waals surface area contributed by atoms with Crippen molar-refractivity contribution in [3.8, 4) is 11.1 Å². The third-order valence-corrected chi connectivity index (χ3v) is 7.69. The minimum atomic E-state index is -1.05. The number of cyclic esters (lactones) is 1. The van der Waals surface area contributed by atoms with Crippen molar-refractivity contribution in [2.75, 3.05) is 6.54 Å². The lowest BCUT2D eigenvalue weighted by Crippen LogP contribution is -2.49. The molecule has 0 unspecified atom stereocenters. The van der Waals surface area contributed by atoms with Crippen LogP contribution in [0.1, 0.15) is 42.5 Å². The fourth-order valence-electron chi connectivity index (χ4n) is 5.31. The van der Waals surface area contributed by atoms with Gasteiger partial charge in [-0.05, 0) is 66.3 Å². The fraction of sp³-hybridized carbons (Fsp3) is 0.219. The molecule has 1 aliphatic rings. The van der Waals surface area contributed by atoms with Crippen molar-refractivity contribution in [2.45, 2.75) is 37.8 Å². The number of benzene rings is 4. The van der Waals surface area contributed by atoms with Crippen LogP contribution in [0.3, 0.4) is 0 Å². The molecule has 9 heteroatoms. The van der Waals surface area contributed by atoms with Gasteiger partial charge < -0.3 is 9.64 Å². The zero-order chi connectivity index (χ0) is 29.1. The summed E-state index contributed by atoms with van der Waals surface area (Å²) in [5.74, 6) is -1.72. The first-order valence-corrected chi connectivity index (χ1v) is 13.2. The number of non-ortho nitro benzene ring substituents is 1. The van der Waals surface area contributed by atoms with E-state index in [-0.39, 0.29) is 17.3 Å². The van der Waals surface area contributed by atoms with Crippen LogP contribution in [0.25, 0.3) is 11.1 Å². The minimum absolute atomic E-state index is 0.0212. The number of nitro benzene ring substituents is 1. The first-order valence-electron chi connectivity index (χ1n) is 13.2. The number of carbonyl (C=O) groups excluding carboxylic acids is 1. The second-order valence-corrected chi connectivity index (χ2v) is 10.2. The van der Waals surface area contributed by atoms with Crippen molar-refractivity contribution in [2.24, 2.45) is 0 Å². The van der Waals surface area contributed by atoms with Gasteiger partial charge in [0.05, 0.1) is 11.0 Å². The molecule has 5 rings (SSSR count). The van der Waals surface area contributed by atoms with Crippen molar-refractivity contribution < 1.29 is 27.6 Å². The van der Waals surface area contributed by atoms with Gasteiger partial charge in [0.15, 0.2) is 0 Å². The Hall–Kier alpha value is -4.66. The highest BCUT2D eigenvalue weighted by Gasteiger charge is 2.43. The normalized spacial score (nSPS) is 17.7. The summed E-state index contributed by atoms with van der Waals surface area (Å²) < 4.78 is 47.4. The van der Waals surface area contributed by atoms with Crippen LogP contribution in [0.15, 0.2) is 91.0 Å².